The van der Waals surface area contributed by atoms with E-state index in [1.165, 1.54) is 0 Å². The molecule has 3 rings (SSSR count). The second-order valence-electron chi connectivity index (χ2n) is 5.25. The van der Waals surface area contributed by atoms with E-state index in [1.54, 1.807) is 6.07 Å². The molecule has 4 nitrogen and oxygen atoms in total. The molecule has 1 aliphatic carbocycles. The molecule has 2 aromatic rings. The number of nitrogens with one attached hydrogen (secondary N) is 1. The number of carbonyl (C=O) groups is 1. The summed E-state index contributed by atoms with van der Waals surface area (Å²) in [4.78, 5) is 12.5. The van der Waals surface area contributed by atoms with Crippen LogP contribution < -0.4 is 5.32 Å². The van der Waals surface area contributed by atoms with Crippen LogP contribution in [-0.4, -0.2) is 21.7 Å². The molecular weight excluding hydrogens is 332 g/mol. The zero-order valence-corrected chi connectivity index (χ0v) is 13.3. The molecule has 5 heteroatoms. The van der Waals surface area contributed by atoms with Gasteiger partial charge in [-0.2, -0.15) is 0 Å². The molecule has 0 fully saturated rings. The lowest BCUT2D eigenvalue weighted by atomic mass is 10.1. The fourth-order valence-corrected chi connectivity index (χ4v) is 3.35. The molecule has 0 bridgehead atoms. The van der Waals surface area contributed by atoms with Crippen LogP contribution >= 0.6 is 15.9 Å². The third-order valence-corrected chi connectivity index (χ3v) is 4.36. The van der Waals surface area contributed by atoms with Crippen molar-refractivity contribution in [2.75, 3.05) is 0 Å². The van der Waals surface area contributed by atoms with Gasteiger partial charge in [0, 0.05) is 23.6 Å². The van der Waals surface area contributed by atoms with Gasteiger partial charge in [-0.15, -0.1) is 0 Å². The van der Waals surface area contributed by atoms with Gasteiger partial charge >= 0.3 is 0 Å². The summed E-state index contributed by atoms with van der Waals surface area (Å²) >= 11 is 3.39. The normalized spacial score (nSPS) is 20.3. The van der Waals surface area contributed by atoms with Crippen molar-refractivity contribution in [3.63, 3.8) is 0 Å². The summed E-state index contributed by atoms with van der Waals surface area (Å²) in [6.07, 6.45) is 1.90. The van der Waals surface area contributed by atoms with Crippen LogP contribution in [0.1, 0.15) is 34.6 Å². The van der Waals surface area contributed by atoms with E-state index in [9.17, 15) is 9.90 Å². The highest BCUT2D eigenvalue weighted by atomic mass is 79.9. The largest absolute Gasteiger partial charge is 0.390 e. The lowest BCUT2D eigenvalue weighted by molar-refractivity contribution is 0.0849. The van der Waals surface area contributed by atoms with Crippen LogP contribution in [0.15, 0.2) is 41.0 Å². The van der Waals surface area contributed by atoms with E-state index >= 15 is 0 Å². The molecule has 1 aliphatic rings. The summed E-state index contributed by atoms with van der Waals surface area (Å²) in [7, 11) is 0. The number of aliphatic hydroxyl groups excluding tert-OH is 1. The maximum atomic E-state index is 12.5. The molecule has 110 valence electrons. The quantitative estimate of drug-likeness (QED) is 0.895. The van der Waals surface area contributed by atoms with Gasteiger partial charge in [-0.25, -0.2) is 0 Å². The van der Waals surface area contributed by atoms with Gasteiger partial charge in [0.15, 0.2) is 0 Å². The Morgan fingerprint density at radius 3 is 3.00 bits per heavy atom. The van der Waals surface area contributed by atoms with Crippen molar-refractivity contribution >= 4 is 21.8 Å². The Bertz CT molecular complexity index is 681. The Kier molecular flexibility index (Phi) is 3.87. The second kappa shape index (κ2) is 5.66. The molecule has 1 aromatic carbocycles. The van der Waals surface area contributed by atoms with Crippen LogP contribution in [0, 0.1) is 0 Å². The van der Waals surface area contributed by atoms with Crippen molar-refractivity contribution in [2.45, 2.75) is 32.0 Å². The number of amides is 1. The molecule has 0 aliphatic heterocycles. The number of aliphatic hydroxyl groups is 1. The topological polar surface area (TPSA) is 54.3 Å². The Morgan fingerprint density at radius 2 is 2.24 bits per heavy atom. The Morgan fingerprint density at radius 1 is 1.48 bits per heavy atom. The van der Waals surface area contributed by atoms with E-state index < -0.39 is 6.10 Å². The molecule has 0 radical (unpaired) electrons. The van der Waals surface area contributed by atoms with Crippen LogP contribution in [0.5, 0.6) is 0 Å². The average molecular weight is 349 g/mol. The van der Waals surface area contributed by atoms with Crippen molar-refractivity contribution in [3.05, 3.63) is 57.8 Å². The SMILES string of the molecule is CCn1cc(Br)cc1C(=O)N[C@@H]1c2ccccc2C[C@@H]1O. The fraction of sp³-hybridized carbons (Fsp3) is 0.312. The van der Waals surface area contributed by atoms with Gasteiger partial charge in [0.2, 0.25) is 0 Å². The predicted octanol–water partition coefficient (Wildman–Crippen LogP) is 2.66. The molecule has 0 spiro atoms. The summed E-state index contributed by atoms with van der Waals surface area (Å²) in [5, 5.41) is 13.2. The van der Waals surface area contributed by atoms with Crippen LogP contribution in [-0.2, 0) is 13.0 Å². The highest BCUT2D eigenvalue weighted by molar-refractivity contribution is 9.10. The number of nitrogens with zero attached hydrogens (tertiary/aromatic N) is 1. The minimum atomic E-state index is -0.570. The average Bonchev–Trinajstić information content (AvgIpc) is 3.00. The highest BCUT2D eigenvalue weighted by Gasteiger charge is 2.32. The number of halogens is 1. The van der Waals surface area contributed by atoms with Crippen molar-refractivity contribution in [1.82, 2.24) is 9.88 Å². The summed E-state index contributed by atoms with van der Waals surface area (Å²) in [6, 6.07) is 9.30. The third kappa shape index (κ3) is 2.63. The van der Waals surface area contributed by atoms with Crippen molar-refractivity contribution in [1.29, 1.82) is 0 Å². The van der Waals surface area contributed by atoms with Crippen LogP contribution in [0.3, 0.4) is 0 Å². The lowest BCUT2D eigenvalue weighted by Crippen LogP contribution is -2.34. The number of benzene rings is 1. The number of hydrogen-bond donors (Lipinski definition) is 2. The standard InChI is InChI=1S/C16H17BrN2O2/c1-2-19-9-11(17)8-13(19)16(21)18-15-12-6-4-3-5-10(12)7-14(15)20/h3-6,8-9,14-15,20H,2,7H2,1H3,(H,18,21)/t14-,15+/m0/s1. The van der Waals surface area contributed by atoms with Gasteiger partial charge in [-0.05, 0) is 40.0 Å². The van der Waals surface area contributed by atoms with Crippen LogP contribution in [0.4, 0.5) is 0 Å². The first-order valence-electron chi connectivity index (χ1n) is 7.02. The third-order valence-electron chi connectivity index (χ3n) is 3.93. The zero-order chi connectivity index (χ0) is 15.0. The maximum absolute atomic E-state index is 12.5. The molecule has 1 aromatic heterocycles. The van der Waals surface area contributed by atoms with Gasteiger partial charge in [0.25, 0.3) is 5.91 Å². The maximum Gasteiger partial charge on any atom is 0.268 e. The number of rotatable bonds is 3. The molecule has 2 N–H and O–H groups in total. The van der Waals surface area contributed by atoms with Gasteiger partial charge < -0.3 is 15.0 Å². The molecule has 1 amide bonds. The summed E-state index contributed by atoms with van der Waals surface area (Å²) < 4.78 is 2.76. The van der Waals surface area contributed by atoms with E-state index in [4.69, 9.17) is 0 Å². The fourth-order valence-electron chi connectivity index (χ4n) is 2.89. The van der Waals surface area contributed by atoms with E-state index in [0.29, 0.717) is 12.1 Å². The zero-order valence-electron chi connectivity index (χ0n) is 11.7. The minimum Gasteiger partial charge on any atom is -0.390 e. The van der Waals surface area contributed by atoms with Crippen molar-refractivity contribution < 1.29 is 9.90 Å². The number of aryl methyl sites for hydroxylation is 1. The molecule has 0 saturated heterocycles. The Balaban J connectivity index is 1.85. The molecule has 1 heterocycles. The first-order chi connectivity index (χ1) is 10.1. The summed E-state index contributed by atoms with van der Waals surface area (Å²) in [5.41, 5.74) is 2.70. The molecule has 0 unspecified atom stereocenters. The lowest BCUT2D eigenvalue weighted by Gasteiger charge is -2.18. The van der Waals surface area contributed by atoms with Crippen LogP contribution in [0.25, 0.3) is 0 Å². The van der Waals surface area contributed by atoms with Gasteiger partial charge in [-0.1, -0.05) is 24.3 Å². The van der Waals surface area contributed by atoms with Gasteiger partial charge in [0.05, 0.1) is 12.1 Å². The van der Waals surface area contributed by atoms with Crippen molar-refractivity contribution in [3.8, 4) is 0 Å². The van der Waals surface area contributed by atoms with Crippen LogP contribution in [0.2, 0.25) is 0 Å². The predicted molar refractivity (Wildman–Crippen MR) is 84.2 cm³/mol. The van der Waals surface area contributed by atoms with Crippen molar-refractivity contribution in [2.24, 2.45) is 0 Å². The first-order valence-corrected chi connectivity index (χ1v) is 7.82. The van der Waals surface area contributed by atoms with Gasteiger partial charge in [-0.3, -0.25) is 4.79 Å². The molecule has 21 heavy (non-hydrogen) atoms. The van der Waals surface area contributed by atoms with Gasteiger partial charge in [0.1, 0.15) is 5.69 Å². The highest BCUT2D eigenvalue weighted by Crippen LogP contribution is 2.31. The monoisotopic (exact) mass is 348 g/mol. The number of fused-ring (bicyclic) bond motifs is 1. The first kappa shape index (κ1) is 14.4. The minimum absolute atomic E-state index is 0.164. The smallest absolute Gasteiger partial charge is 0.268 e. The van der Waals surface area contributed by atoms with E-state index in [2.05, 4.69) is 21.2 Å². The Labute approximate surface area is 131 Å². The summed E-state index contributed by atoms with van der Waals surface area (Å²) in [5.74, 6) is -0.164. The van der Waals surface area contributed by atoms with E-state index in [0.717, 1.165) is 22.1 Å². The second-order valence-corrected chi connectivity index (χ2v) is 6.17. The number of hydrogen-bond acceptors (Lipinski definition) is 2. The Hall–Kier alpha value is -1.59. The number of aromatic nitrogens is 1. The van der Waals surface area contributed by atoms with E-state index in [1.807, 2.05) is 42.0 Å². The molecule has 0 saturated carbocycles. The molecule has 2 atom stereocenters. The molecular formula is C16H17BrN2O2. The van der Waals surface area contributed by atoms with E-state index in [-0.39, 0.29) is 11.9 Å². The summed E-state index contributed by atoms with van der Waals surface area (Å²) in [6.45, 7) is 2.71. The number of carbonyl (C=O) groups excluding carboxylic acids is 1.